The molecule has 6 nitrogen and oxygen atoms in total. The van der Waals surface area contributed by atoms with Gasteiger partial charge in [0, 0.05) is 23.1 Å². The predicted octanol–water partition coefficient (Wildman–Crippen LogP) is 3.84. The molecule has 1 aromatic heterocycles. The first-order valence-corrected chi connectivity index (χ1v) is 9.23. The summed E-state index contributed by atoms with van der Waals surface area (Å²) in [6.07, 6.45) is 3.84. The molecule has 144 valence electrons. The Morgan fingerprint density at radius 1 is 1.29 bits per heavy atom. The van der Waals surface area contributed by atoms with Crippen LogP contribution in [0.5, 0.6) is 0 Å². The van der Waals surface area contributed by atoms with E-state index in [1.54, 1.807) is 6.07 Å². The second-order valence-corrected chi connectivity index (χ2v) is 7.09. The van der Waals surface area contributed by atoms with Gasteiger partial charge in [0.05, 0.1) is 0 Å². The van der Waals surface area contributed by atoms with E-state index in [0.29, 0.717) is 11.7 Å². The second-order valence-electron chi connectivity index (χ2n) is 7.09. The van der Waals surface area contributed by atoms with Crippen molar-refractivity contribution in [2.75, 3.05) is 11.9 Å². The van der Waals surface area contributed by atoms with Crippen molar-refractivity contribution < 1.29 is 14.3 Å². The molecule has 6 heteroatoms. The number of rotatable bonds is 6. The number of esters is 1. The summed E-state index contributed by atoms with van der Waals surface area (Å²) in [5.41, 5.74) is 4.46. The summed E-state index contributed by atoms with van der Waals surface area (Å²) in [5.74, 6) is -1.26. The number of nitrogens with one attached hydrogen (secondary N) is 1. The second kappa shape index (κ2) is 8.13. The van der Waals surface area contributed by atoms with E-state index in [-0.39, 0.29) is 5.57 Å². The van der Waals surface area contributed by atoms with Gasteiger partial charge in [-0.1, -0.05) is 12.1 Å². The average molecular weight is 377 g/mol. The van der Waals surface area contributed by atoms with Crippen LogP contribution in [0.2, 0.25) is 0 Å². The van der Waals surface area contributed by atoms with Crippen molar-refractivity contribution in [1.82, 2.24) is 4.57 Å². The van der Waals surface area contributed by atoms with Gasteiger partial charge in [-0.2, -0.15) is 5.26 Å². The number of nitriles is 1. The van der Waals surface area contributed by atoms with Crippen LogP contribution in [0.3, 0.4) is 0 Å². The van der Waals surface area contributed by atoms with Crippen LogP contribution in [0.25, 0.3) is 6.08 Å². The molecular formula is C22H23N3O3. The van der Waals surface area contributed by atoms with Crippen molar-refractivity contribution in [2.24, 2.45) is 0 Å². The number of anilines is 1. The highest BCUT2D eigenvalue weighted by molar-refractivity contribution is 6.00. The normalized spacial score (nSPS) is 13.7. The molecule has 0 atom stereocenters. The molecule has 1 heterocycles. The summed E-state index contributed by atoms with van der Waals surface area (Å²) in [4.78, 5) is 24.2. The van der Waals surface area contributed by atoms with Gasteiger partial charge in [-0.05, 0) is 69.0 Å². The largest absolute Gasteiger partial charge is 0.451 e. The smallest absolute Gasteiger partial charge is 0.349 e. The summed E-state index contributed by atoms with van der Waals surface area (Å²) < 4.78 is 7.26. The van der Waals surface area contributed by atoms with Crippen molar-refractivity contribution in [3.05, 3.63) is 58.4 Å². The molecule has 3 rings (SSSR count). The molecule has 1 saturated carbocycles. The fraction of sp³-hybridized carbons (Fsp3) is 0.318. The third-order valence-electron chi connectivity index (χ3n) is 4.71. The highest BCUT2D eigenvalue weighted by atomic mass is 16.5. The molecule has 2 aromatic rings. The highest BCUT2D eigenvalue weighted by Gasteiger charge is 2.27. The van der Waals surface area contributed by atoms with Crippen LogP contribution >= 0.6 is 0 Å². The summed E-state index contributed by atoms with van der Waals surface area (Å²) in [6, 6.07) is 11.7. The molecule has 1 N–H and O–H groups in total. The van der Waals surface area contributed by atoms with Crippen LogP contribution < -0.4 is 5.32 Å². The molecule has 0 spiro atoms. The molecule has 0 unspecified atom stereocenters. The van der Waals surface area contributed by atoms with Crippen molar-refractivity contribution in [1.29, 1.82) is 5.26 Å². The van der Waals surface area contributed by atoms with Gasteiger partial charge < -0.3 is 14.6 Å². The fourth-order valence-corrected chi connectivity index (χ4v) is 3.26. The van der Waals surface area contributed by atoms with Crippen molar-refractivity contribution in [2.45, 2.75) is 39.7 Å². The number of hydrogen-bond acceptors (Lipinski definition) is 4. The number of nitrogens with zero attached hydrogens (tertiary/aromatic N) is 2. The molecule has 0 aliphatic heterocycles. The van der Waals surface area contributed by atoms with E-state index in [4.69, 9.17) is 4.74 Å². The van der Waals surface area contributed by atoms with Gasteiger partial charge in [0.25, 0.3) is 5.91 Å². The zero-order valence-corrected chi connectivity index (χ0v) is 16.3. The lowest BCUT2D eigenvalue weighted by molar-refractivity contribution is -0.142. The van der Waals surface area contributed by atoms with Gasteiger partial charge in [-0.25, -0.2) is 4.79 Å². The third kappa shape index (κ3) is 4.49. The standard InChI is InChI=1S/C22H23N3O3/c1-14-5-4-6-19(9-14)24-21(26)13-28-22(27)18(12-23)11-17-10-15(2)25(16(17)3)20-7-8-20/h4-6,9-11,20H,7-8,13H2,1-3H3,(H,24,26)/b18-11+. The molecule has 0 bridgehead atoms. The molecule has 28 heavy (non-hydrogen) atoms. The summed E-state index contributed by atoms with van der Waals surface area (Å²) in [5, 5.41) is 12.0. The van der Waals surface area contributed by atoms with E-state index < -0.39 is 18.5 Å². The maximum atomic E-state index is 12.2. The molecule has 0 saturated heterocycles. The van der Waals surface area contributed by atoms with Gasteiger partial charge in [0.1, 0.15) is 11.6 Å². The Morgan fingerprint density at radius 2 is 2.04 bits per heavy atom. The lowest BCUT2D eigenvalue weighted by Gasteiger charge is -2.07. The van der Waals surface area contributed by atoms with Crippen LogP contribution in [0, 0.1) is 32.1 Å². The van der Waals surface area contributed by atoms with E-state index >= 15 is 0 Å². The number of carbonyl (C=O) groups excluding carboxylic acids is 2. The van der Waals surface area contributed by atoms with Gasteiger partial charge in [-0.3, -0.25) is 4.79 Å². The summed E-state index contributed by atoms with van der Waals surface area (Å²) in [6.45, 7) is 5.46. The van der Waals surface area contributed by atoms with Crippen LogP contribution in [0.15, 0.2) is 35.9 Å². The van der Waals surface area contributed by atoms with Crippen LogP contribution in [-0.4, -0.2) is 23.1 Å². The number of aryl methyl sites for hydroxylation is 2. The zero-order chi connectivity index (χ0) is 20.3. The lowest BCUT2D eigenvalue weighted by atomic mass is 10.1. The van der Waals surface area contributed by atoms with Crippen LogP contribution in [0.4, 0.5) is 5.69 Å². The molecule has 1 aromatic carbocycles. The SMILES string of the molecule is Cc1cccc(NC(=O)COC(=O)/C(C#N)=C/c2cc(C)n(C3CC3)c2C)c1. The number of carbonyl (C=O) groups is 2. The molecule has 1 aliphatic rings. The molecule has 1 aliphatic carbocycles. The zero-order valence-electron chi connectivity index (χ0n) is 16.3. The van der Waals surface area contributed by atoms with Crippen molar-refractivity contribution >= 4 is 23.6 Å². The monoisotopic (exact) mass is 377 g/mol. The Bertz CT molecular complexity index is 991. The minimum Gasteiger partial charge on any atom is -0.451 e. The topological polar surface area (TPSA) is 84.1 Å². The number of hydrogen-bond donors (Lipinski definition) is 1. The number of aromatic nitrogens is 1. The van der Waals surface area contributed by atoms with Gasteiger partial charge >= 0.3 is 5.97 Å². The fourth-order valence-electron chi connectivity index (χ4n) is 3.26. The van der Waals surface area contributed by atoms with Gasteiger partial charge in [0.2, 0.25) is 0 Å². The molecule has 0 radical (unpaired) electrons. The van der Waals surface area contributed by atoms with Gasteiger partial charge in [-0.15, -0.1) is 0 Å². The Kier molecular flexibility index (Phi) is 5.65. The van der Waals surface area contributed by atoms with Crippen LogP contribution in [-0.2, 0) is 14.3 Å². The predicted molar refractivity (Wildman–Crippen MR) is 107 cm³/mol. The summed E-state index contributed by atoms with van der Waals surface area (Å²) >= 11 is 0. The molecule has 1 fully saturated rings. The first-order chi connectivity index (χ1) is 13.4. The van der Waals surface area contributed by atoms with Crippen molar-refractivity contribution in [3.8, 4) is 6.07 Å². The van der Waals surface area contributed by atoms with E-state index in [0.717, 1.165) is 35.4 Å². The minimum absolute atomic E-state index is 0.126. The van der Waals surface area contributed by atoms with E-state index in [1.807, 2.05) is 51.1 Å². The van der Waals surface area contributed by atoms with E-state index in [2.05, 4.69) is 9.88 Å². The third-order valence-corrected chi connectivity index (χ3v) is 4.71. The Labute approximate surface area is 164 Å². The highest BCUT2D eigenvalue weighted by Crippen LogP contribution is 2.38. The first-order valence-electron chi connectivity index (χ1n) is 9.23. The van der Waals surface area contributed by atoms with E-state index in [1.165, 1.54) is 6.08 Å². The maximum Gasteiger partial charge on any atom is 0.349 e. The van der Waals surface area contributed by atoms with E-state index in [9.17, 15) is 14.9 Å². The molecular weight excluding hydrogens is 354 g/mol. The summed E-state index contributed by atoms with van der Waals surface area (Å²) in [7, 11) is 0. The van der Waals surface area contributed by atoms with Crippen molar-refractivity contribution in [3.63, 3.8) is 0 Å². The quantitative estimate of drug-likeness (QED) is 0.471. The minimum atomic E-state index is -0.807. The Balaban J connectivity index is 1.64. The van der Waals surface area contributed by atoms with Crippen LogP contribution in [0.1, 0.15) is 41.4 Å². The Morgan fingerprint density at radius 3 is 2.68 bits per heavy atom. The molecule has 1 amide bonds. The van der Waals surface area contributed by atoms with Gasteiger partial charge in [0.15, 0.2) is 6.61 Å². The maximum absolute atomic E-state index is 12.2. The number of benzene rings is 1. The first kappa shape index (κ1) is 19.4. The number of amides is 1. The lowest BCUT2D eigenvalue weighted by Crippen LogP contribution is -2.21. The number of ether oxygens (including phenoxy) is 1. The average Bonchev–Trinajstić information content (AvgIpc) is 3.43. The Hall–Kier alpha value is -3.33.